The summed E-state index contributed by atoms with van der Waals surface area (Å²) in [5.41, 5.74) is 2.56. The second-order valence-electron chi connectivity index (χ2n) is 4.93. The van der Waals surface area contributed by atoms with Gasteiger partial charge in [-0.1, -0.05) is 34.9 Å². The average molecular weight is 285 g/mol. The third-order valence-electron chi connectivity index (χ3n) is 2.99. The zero-order valence-electron chi connectivity index (χ0n) is 12.0. The summed E-state index contributed by atoms with van der Waals surface area (Å²) < 4.78 is 0. The first-order chi connectivity index (χ1) is 9.49. The Morgan fingerprint density at radius 3 is 1.20 bits per heavy atom. The van der Waals surface area contributed by atoms with E-state index in [1.807, 2.05) is 0 Å². The van der Waals surface area contributed by atoms with Gasteiger partial charge in [-0.2, -0.15) is 0 Å². The fourth-order valence-corrected chi connectivity index (χ4v) is 2.69. The van der Waals surface area contributed by atoms with E-state index in [0.717, 1.165) is 0 Å². The second kappa shape index (κ2) is 6.32. The summed E-state index contributed by atoms with van der Waals surface area (Å²) in [6.07, 6.45) is 0. The Morgan fingerprint density at radius 1 is 0.650 bits per heavy atom. The molecule has 0 saturated heterocycles. The standard InChI is InChI=1S/C16H23BN2P/c1-18(2)13-5-9-15(10-6-13)20(17)16-11-7-14(8-12-16)19(3)4/h5-12H,1-4,17H3/q-1. The van der Waals surface area contributed by atoms with Crippen molar-refractivity contribution in [2.24, 2.45) is 0 Å². The molecule has 0 heterocycles. The molecule has 0 aliphatic rings. The van der Waals surface area contributed by atoms with Crippen LogP contribution >= 0.6 is 7.80 Å². The van der Waals surface area contributed by atoms with Crippen molar-refractivity contribution in [1.82, 2.24) is 0 Å². The summed E-state index contributed by atoms with van der Waals surface area (Å²) in [6, 6.07) is 18.2. The van der Waals surface area contributed by atoms with Gasteiger partial charge in [0.25, 0.3) is 0 Å². The lowest BCUT2D eigenvalue weighted by Gasteiger charge is -2.22. The Hall–Kier alpha value is -1.47. The highest BCUT2D eigenvalue weighted by molar-refractivity contribution is 7.94. The molecule has 20 heavy (non-hydrogen) atoms. The van der Waals surface area contributed by atoms with Crippen LogP contribution in [0.2, 0.25) is 0 Å². The molecule has 0 aromatic heterocycles. The van der Waals surface area contributed by atoms with Crippen molar-refractivity contribution in [1.29, 1.82) is 0 Å². The van der Waals surface area contributed by atoms with Gasteiger partial charge in [0.05, 0.1) is 0 Å². The van der Waals surface area contributed by atoms with E-state index >= 15 is 0 Å². The molecule has 2 aromatic carbocycles. The molecular formula is C16H23BN2P-. The van der Waals surface area contributed by atoms with E-state index in [-0.39, 0.29) is 15.4 Å². The maximum atomic E-state index is 2.31. The monoisotopic (exact) mass is 285 g/mol. The molecule has 106 valence electrons. The van der Waals surface area contributed by atoms with E-state index in [1.54, 1.807) is 0 Å². The maximum Gasteiger partial charge on any atom is 0.0361 e. The predicted molar refractivity (Wildman–Crippen MR) is 97.7 cm³/mol. The Balaban J connectivity index is 2.19. The number of anilines is 2. The van der Waals surface area contributed by atoms with Crippen molar-refractivity contribution >= 4 is 37.3 Å². The Labute approximate surface area is 124 Å². The van der Waals surface area contributed by atoms with Crippen molar-refractivity contribution in [3.63, 3.8) is 0 Å². The van der Waals surface area contributed by atoms with E-state index < -0.39 is 0 Å². The lowest BCUT2D eigenvalue weighted by atomic mass is 10.3. The van der Waals surface area contributed by atoms with Gasteiger partial charge in [-0.25, -0.2) is 7.80 Å². The van der Waals surface area contributed by atoms with Crippen LogP contribution in [-0.4, -0.2) is 35.8 Å². The first kappa shape index (κ1) is 14.9. The Bertz CT molecular complexity index is 498. The highest BCUT2D eigenvalue weighted by Gasteiger charge is 2.03. The molecule has 0 aliphatic heterocycles. The number of rotatable bonds is 4. The lowest BCUT2D eigenvalue weighted by Crippen LogP contribution is -2.14. The van der Waals surface area contributed by atoms with Crippen LogP contribution in [0.5, 0.6) is 0 Å². The molecule has 0 spiro atoms. The molecule has 0 radical (unpaired) electrons. The number of hydrogen-bond acceptors (Lipinski definition) is 2. The molecule has 0 amide bonds. The van der Waals surface area contributed by atoms with Gasteiger partial charge in [-0.15, -0.1) is 0 Å². The van der Waals surface area contributed by atoms with Crippen LogP contribution < -0.4 is 20.4 Å². The van der Waals surface area contributed by atoms with Crippen molar-refractivity contribution in [3.8, 4) is 0 Å². The minimum atomic E-state index is -0.0211. The SMILES string of the molecule is [BH3-]P(c1ccc(N(C)C)cc1)c1ccc(N(C)C)cc1. The third-order valence-corrected chi connectivity index (χ3v) is 4.10. The van der Waals surface area contributed by atoms with Crippen LogP contribution in [0.4, 0.5) is 11.4 Å². The Morgan fingerprint density at radius 2 is 0.950 bits per heavy atom. The molecule has 2 nitrogen and oxygen atoms in total. The van der Waals surface area contributed by atoms with Crippen LogP contribution in [-0.2, 0) is 0 Å². The fourth-order valence-electron chi connectivity index (χ4n) is 1.80. The first-order valence-electron chi connectivity index (χ1n) is 6.33. The zero-order chi connectivity index (χ0) is 14.7. The van der Waals surface area contributed by atoms with Crippen molar-refractivity contribution in [2.75, 3.05) is 38.0 Å². The summed E-state index contributed by atoms with van der Waals surface area (Å²) in [5, 5.41) is 3.06. The van der Waals surface area contributed by atoms with Crippen LogP contribution in [0.25, 0.3) is 0 Å². The fraction of sp³-hybridized carbons (Fsp3) is 0.250. The quantitative estimate of drug-likeness (QED) is 0.621. The van der Waals surface area contributed by atoms with Crippen molar-refractivity contribution in [3.05, 3.63) is 48.5 Å². The molecule has 2 rings (SSSR count). The van der Waals surface area contributed by atoms with Gasteiger partial charge in [0.1, 0.15) is 0 Å². The van der Waals surface area contributed by atoms with Gasteiger partial charge < -0.3 is 9.80 Å². The third kappa shape index (κ3) is 3.35. The molecule has 0 fully saturated rings. The first-order valence-corrected chi connectivity index (χ1v) is 7.22. The summed E-state index contributed by atoms with van der Waals surface area (Å²) in [7, 11) is 8.62. The maximum absolute atomic E-state index is 2.31. The summed E-state index contributed by atoms with van der Waals surface area (Å²) in [6.45, 7) is 0. The van der Waals surface area contributed by atoms with Gasteiger partial charge in [-0.05, 0) is 31.8 Å². The molecule has 2 aromatic rings. The van der Waals surface area contributed by atoms with E-state index in [4.69, 9.17) is 0 Å². The van der Waals surface area contributed by atoms with E-state index in [0.29, 0.717) is 0 Å². The molecule has 0 N–H and O–H groups in total. The zero-order valence-corrected chi connectivity index (χ0v) is 12.9. The number of nitrogens with zero attached hydrogens (tertiary/aromatic N) is 2. The van der Waals surface area contributed by atoms with Crippen LogP contribution in [0.15, 0.2) is 48.5 Å². The largest absolute Gasteiger partial charge is 0.378 e. The van der Waals surface area contributed by atoms with E-state index in [1.165, 1.54) is 22.0 Å². The number of benzene rings is 2. The lowest BCUT2D eigenvalue weighted by molar-refractivity contribution is 1.13. The van der Waals surface area contributed by atoms with Gasteiger partial charge in [0.2, 0.25) is 0 Å². The van der Waals surface area contributed by atoms with Crippen LogP contribution in [0, 0.1) is 0 Å². The van der Waals surface area contributed by atoms with Gasteiger partial charge in [0, 0.05) is 39.6 Å². The minimum absolute atomic E-state index is 0.0211. The highest BCUT2D eigenvalue weighted by atomic mass is 31.1. The molecule has 0 bridgehead atoms. The van der Waals surface area contributed by atoms with Gasteiger partial charge in [0.15, 0.2) is 0 Å². The molecule has 4 heteroatoms. The van der Waals surface area contributed by atoms with Crippen molar-refractivity contribution < 1.29 is 0 Å². The summed E-state index contributed by atoms with van der Waals surface area (Å²) >= 11 is 0. The van der Waals surface area contributed by atoms with E-state index in [9.17, 15) is 0 Å². The topological polar surface area (TPSA) is 6.48 Å². The highest BCUT2D eigenvalue weighted by Crippen LogP contribution is 2.28. The molecule has 0 aliphatic carbocycles. The molecular weight excluding hydrogens is 262 g/mol. The number of hydrogen-bond donors (Lipinski definition) is 0. The summed E-state index contributed by atoms with van der Waals surface area (Å²) in [5.74, 6) is 0. The second-order valence-corrected chi connectivity index (χ2v) is 6.19. The van der Waals surface area contributed by atoms with Crippen LogP contribution in [0.1, 0.15) is 0 Å². The van der Waals surface area contributed by atoms with Gasteiger partial charge >= 0.3 is 0 Å². The summed E-state index contributed by atoms with van der Waals surface area (Å²) in [4.78, 5) is 4.31. The van der Waals surface area contributed by atoms with Crippen molar-refractivity contribution in [2.45, 2.75) is 0 Å². The van der Waals surface area contributed by atoms with Crippen LogP contribution in [0.3, 0.4) is 0 Å². The normalized spacial score (nSPS) is 10.7. The minimum Gasteiger partial charge on any atom is -0.378 e. The predicted octanol–water partition coefficient (Wildman–Crippen LogP) is 1.53. The smallest absolute Gasteiger partial charge is 0.0361 e. The average Bonchev–Trinajstić information content (AvgIpc) is 2.46. The molecule has 0 unspecified atom stereocenters. The Kier molecular flexibility index (Phi) is 4.72. The van der Waals surface area contributed by atoms with E-state index in [2.05, 4.69) is 86.5 Å². The molecule has 0 atom stereocenters. The van der Waals surface area contributed by atoms with Gasteiger partial charge in [-0.3, -0.25) is 0 Å². The molecule has 0 saturated carbocycles.